The van der Waals surface area contributed by atoms with Crippen molar-refractivity contribution in [3.05, 3.63) is 0 Å². The van der Waals surface area contributed by atoms with E-state index in [2.05, 4.69) is 5.32 Å². The average molecular weight is 632 g/mol. The van der Waals surface area contributed by atoms with Gasteiger partial charge in [-0.25, -0.2) is 4.79 Å². The molecular weight excluding hydrogens is 590 g/mol. The van der Waals surface area contributed by atoms with Crippen molar-refractivity contribution in [3.63, 3.8) is 0 Å². The monoisotopic (exact) mass is 631 g/mol. The van der Waals surface area contributed by atoms with Crippen molar-refractivity contribution in [2.24, 2.45) is 0 Å². The molecule has 43 heavy (non-hydrogen) atoms. The van der Waals surface area contributed by atoms with Crippen LogP contribution in [0.25, 0.3) is 0 Å². The van der Waals surface area contributed by atoms with Crippen LogP contribution >= 0.6 is 0 Å². The molecule has 0 bridgehead atoms. The van der Waals surface area contributed by atoms with Crippen LogP contribution in [0.3, 0.4) is 0 Å². The van der Waals surface area contributed by atoms with Crippen molar-refractivity contribution < 1.29 is 89.4 Å². The molecule has 1 amide bonds. The Kier molecular flexibility index (Phi) is 12.2. The van der Waals surface area contributed by atoms with Gasteiger partial charge in [-0.05, 0) is 6.92 Å². The fraction of sp³-hybridized carbons (Fsp3) is 0.917. The lowest BCUT2D eigenvalue weighted by Gasteiger charge is -2.50. The van der Waals surface area contributed by atoms with Gasteiger partial charge in [0, 0.05) is 13.3 Å². The number of aliphatic hydroxyl groups excluding tert-OH is 10. The molecule has 3 aliphatic heterocycles. The van der Waals surface area contributed by atoms with E-state index in [-0.39, 0.29) is 0 Å². The van der Waals surface area contributed by atoms with E-state index in [1.54, 1.807) is 0 Å². The molecule has 0 aromatic carbocycles. The molecule has 3 rings (SSSR count). The number of carbonyl (C=O) groups is 2. The summed E-state index contributed by atoms with van der Waals surface area (Å²) in [6.45, 7) is -0.199. The largest absolute Gasteiger partial charge is 0.477 e. The minimum Gasteiger partial charge on any atom is -0.477 e. The molecule has 3 heterocycles. The Morgan fingerprint density at radius 1 is 0.930 bits per heavy atom. The molecule has 0 spiro atoms. The summed E-state index contributed by atoms with van der Waals surface area (Å²) in [5.74, 6) is -5.67. The van der Waals surface area contributed by atoms with Gasteiger partial charge >= 0.3 is 5.97 Å². The van der Waals surface area contributed by atoms with Crippen LogP contribution in [0.2, 0.25) is 0 Å². The van der Waals surface area contributed by atoms with E-state index in [1.165, 1.54) is 6.92 Å². The van der Waals surface area contributed by atoms with Gasteiger partial charge in [0.15, 0.2) is 6.29 Å². The minimum absolute atomic E-state index is 0.708. The summed E-state index contributed by atoms with van der Waals surface area (Å²) in [5.41, 5.74) is 0. The lowest BCUT2D eigenvalue weighted by atomic mass is 9.88. The zero-order valence-corrected chi connectivity index (χ0v) is 23.3. The molecule has 0 aromatic rings. The summed E-state index contributed by atoms with van der Waals surface area (Å²) < 4.78 is 27.5. The maximum absolute atomic E-state index is 12.6. The number of carboxylic acid groups (broad SMARTS) is 1. The van der Waals surface area contributed by atoms with Crippen molar-refractivity contribution >= 4 is 11.9 Å². The van der Waals surface area contributed by atoms with E-state index in [0.29, 0.717) is 0 Å². The molecule has 250 valence electrons. The first-order valence-electron chi connectivity index (χ1n) is 13.5. The maximum atomic E-state index is 12.6. The van der Waals surface area contributed by atoms with Crippen LogP contribution in [0.5, 0.6) is 0 Å². The average Bonchev–Trinajstić information content (AvgIpc) is 2.96. The van der Waals surface area contributed by atoms with Crippen molar-refractivity contribution in [2.75, 3.05) is 19.8 Å². The Hall–Kier alpha value is -1.66. The number of ether oxygens (including phenoxy) is 5. The smallest absolute Gasteiger partial charge is 0.364 e. The number of amides is 1. The third-order valence-corrected chi connectivity index (χ3v) is 7.73. The highest BCUT2D eigenvalue weighted by Crippen LogP contribution is 2.38. The normalized spacial score (nSPS) is 45.3. The Bertz CT molecular complexity index is 942. The molecule has 0 saturated carbocycles. The predicted octanol–water partition coefficient (Wildman–Crippen LogP) is -7.15. The molecule has 3 fully saturated rings. The molecule has 16 atom stereocenters. The third kappa shape index (κ3) is 7.43. The first-order chi connectivity index (χ1) is 20.1. The fourth-order valence-electron chi connectivity index (χ4n) is 5.37. The molecule has 0 aliphatic carbocycles. The lowest BCUT2D eigenvalue weighted by Crippen LogP contribution is -2.70. The van der Waals surface area contributed by atoms with Crippen molar-refractivity contribution in [3.8, 4) is 0 Å². The highest BCUT2D eigenvalue weighted by atomic mass is 16.8. The summed E-state index contributed by atoms with van der Waals surface area (Å²) >= 11 is 0. The summed E-state index contributed by atoms with van der Waals surface area (Å²) in [4.78, 5) is 24.3. The highest BCUT2D eigenvalue weighted by Gasteiger charge is 2.60. The SMILES string of the molecule is CC(=O)NC1C(O)CC(OC2C(O)C(CO)OC(OC3C(CO)OC(C)C(O)C3O)C2O)(C(=O)O)OC1C(O)C(O)CO. The van der Waals surface area contributed by atoms with E-state index >= 15 is 0 Å². The maximum Gasteiger partial charge on any atom is 0.364 e. The van der Waals surface area contributed by atoms with E-state index < -0.39 is 136 Å². The van der Waals surface area contributed by atoms with Crippen molar-refractivity contribution in [1.29, 1.82) is 0 Å². The summed E-state index contributed by atoms with van der Waals surface area (Å²) in [5, 5.41) is 115. The van der Waals surface area contributed by atoms with Crippen LogP contribution < -0.4 is 5.32 Å². The lowest BCUT2D eigenvalue weighted by molar-refractivity contribution is -0.381. The summed E-state index contributed by atoms with van der Waals surface area (Å²) in [6.07, 6.45) is -25.3. The summed E-state index contributed by atoms with van der Waals surface area (Å²) in [7, 11) is 0. The van der Waals surface area contributed by atoms with Gasteiger partial charge in [-0.15, -0.1) is 0 Å². The number of nitrogens with one attached hydrogen (secondary N) is 1. The molecule has 0 aromatic heterocycles. The number of rotatable bonds is 11. The van der Waals surface area contributed by atoms with Crippen LogP contribution in [0, 0.1) is 0 Å². The molecule has 12 N–H and O–H groups in total. The number of aliphatic carboxylic acids is 1. The third-order valence-electron chi connectivity index (χ3n) is 7.73. The number of carbonyl (C=O) groups excluding carboxylic acids is 1. The van der Waals surface area contributed by atoms with E-state index in [9.17, 15) is 65.8 Å². The Morgan fingerprint density at radius 3 is 2.09 bits per heavy atom. The number of hydrogen-bond donors (Lipinski definition) is 12. The van der Waals surface area contributed by atoms with E-state index in [0.717, 1.165) is 6.92 Å². The quantitative estimate of drug-likeness (QED) is 0.101. The summed E-state index contributed by atoms with van der Waals surface area (Å²) in [6, 6.07) is -1.52. The zero-order chi connectivity index (χ0) is 32.4. The second-order valence-electron chi connectivity index (χ2n) is 10.8. The number of aliphatic hydroxyl groups is 10. The molecule has 3 aliphatic rings. The number of carboxylic acids is 1. The van der Waals surface area contributed by atoms with Crippen molar-refractivity contribution in [2.45, 2.75) is 118 Å². The second kappa shape index (κ2) is 14.6. The van der Waals surface area contributed by atoms with Crippen molar-refractivity contribution in [1.82, 2.24) is 5.32 Å². The molecule has 0 radical (unpaired) electrons. The standard InChI is InChI=1S/C24H41NO18/c1-7-14(32)17(35)19(12(6-28)39-7)41-22-18(36)21(16(34)11(5-27)40-22)43-24(23(37)38)3-9(30)13(25-8(2)29)20(42-24)15(33)10(31)4-26/h7,9-22,26-28,30-36H,3-6H2,1-2H3,(H,25,29)(H,37,38). The molecule has 19 nitrogen and oxygen atoms in total. The molecule has 19 heteroatoms. The van der Waals surface area contributed by atoms with Gasteiger partial charge in [0.25, 0.3) is 5.79 Å². The zero-order valence-electron chi connectivity index (χ0n) is 23.3. The van der Waals surface area contributed by atoms with Gasteiger partial charge in [0.2, 0.25) is 5.91 Å². The van der Waals surface area contributed by atoms with Gasteiger partial charge in [-0.1, -0.05) is 0 Å². The first-order valence-corrected chi connectivity index (χ1v) is 13.5. The predicted molar refractivity (Wildman–Crippen MR) is 134 cm³/mol. The van der Waals surface area contributed by atoms with Gasteiger partial charge in [0.1, 0.15) is 67.1 Å². The van der Waals surface area contributed by atoms with Crippen LogP contribution in [0.1, 0.15) is 20.3 Å². The Balaban J connectivity index is 1.94. The van der Waals surface area contributed by atoms with Crippen LogP contribution in [-0.4, -0.2) is 185 Å². The van der Waals surface area contributed by atoms with Crippen LogP contribution in [0.15, 0.2) is 0 Å². The van der Waals surface area contributed by atoms with Crippen LogP contribution in [0.4, 0.5) is 0 Å². The van der Waals surface area contributed by atoms with E-state index in [4.69, 9.17) is 23.7 Å². The molecule has 3 saturated heterocycles. The van der Waals surface area contributed by atoms with E-state index in [1.807, 2.05) is 0 Å². The molecule has 16 unspecified atom stereocenters. The Morgan fingerprint density at radius 2 is 1.56 bits per heavy atom. The van der Waals surface area contributed by atoms with Crippen LogP contribution in [-0.2, 0) is 33.3 Å². The van der Waals surface area contributed by atoms with Gasteiger partial charge in [-0.3, -0.25) is 4.79 Å². The Labute approximate surface area is 244 Å². The first kappa shape index (κ1) is 35.8. The van der Waals surface area contributed by atoms with Gasteiger partial charge in [0.05, 0.1) is 38.1 Å². The molecular formula is C24H41NO18. The topological polar surface area (TPSA) is 315 Å². The number of hydrogen-bond acceptors (Lipinski definition) is 17. The fourth-order valence-corrected chi connectivity index (χ4v) is 5.37. The van der Waals surface area contributed by atoms with Gasteiger partial charge in [-0.2, -0.15) is 0 Å². The highest BCUT2D eigenvalue weighted by molar-refractivity contribution is 5.76. The van der Waals surface area contributed by atoms with Gasteiger partial charge < -0.3 is 85.2 Å². The minimum atomic E-state index is -2.99. The second-order valence-corrected chi connectivity index (χ2v) is 10.8.